The van der Waals surface area contributed by atoms with E-state index < -0.39 is 0 Å². The van der Waals surface area contributed by atoms with Gasteiger partial charge in [-0.2, -0.15) is 0 Å². The molecule has 2 nitrogen and oxygen atoms in total. The molecule has 0 amide bonds. The maximum absolute atomic E-state index is 5.78. The lowest BCUT2D eigenvalue weighted by atomic mass is 10.0. The van der Waals surface area contributed by atoms with Gasteiger partial charge in [0.05, 0.1) is 7.11 Å². The normalized spacial score (nSPS) is 13.6. The summed E-state index contributed by atoms with van der Waals surface area (Å²) in [5.41, 5.74) is 2.59. The zero-order chi connectivity index (χ0) is 9.97. The Kier molecular flexibility index (Phi) is 4.43. The van der Waals surface area contributed by atoms with Crippen LogP contribution in [-0.4, -0.2) is 30.4 Å². The lowest BCUT2D eigenvalue weighted by Gasteiger charge is -2.11. The molecule has 0 aliphatic carbocycles. The number of hydrogen-bond acceptors (Lipinski definition) is 1. The molecular weight excluding hydrogens is 233 g/mol. The van der Waals surface area contributed by atoms with Crippen LogP contribution in [0.4, 0.5) is 0 Å². The molecular formula is C11H13Cl2NO. The van der Waals surface area contributed by atoms with Crippen molar-refractivity contribution in [3.8, 4) is 5.75 Å². The summed E-state index contributed by atoms with van der Waals surface area (Å²) in [6, 6.07) is 6.71. The van der Waals surface area contributed by atoms with Crippen LogP contribution in [0.25, 0.3) is 0 Å². The zero-order valence-electron chi connectivity index (χ0n) is 8.54. The Labute approximate surface area is 101 Å². The fraction of sp³-hybridized carbons (Fsp3) is 0.364. The van der Waals surface area contributed by atoms with Crippen molar-refractivity contribution in [2.45, 2.75) is 6.42 Å². The Bertz CT molecular complexity index is 377. The third-order valence-corrected chi connectivity index (χ3v) is 2.80. The van der Waals surface area contributed by atoms with E-state index in [4.69, 9.17) is 16.3 Å². The predicted octanol–water partition coefficient (Wildman–Crippen LogP) is -1.12. The first-order chi connectivity index (χ1) is 6.83. The van der Waals surface area contributed by atoms with Gasteiger partial charge in [0.1, 0.15) is 12.3 Å². The van der Waals surface area contributed by atoms with E-state index in [9.17, 15) is 0 Å². The SMILES string of the molecule is COc1ccc2c(c1)CC[N+](CCl)=C2.[Cl-]. The first-order valence-corrected chi connectivity index (χ1v) is 5.19. The van der Waals surface area contributed by atoms with Gasteiger partial charge in [0.15, 0.2) is 6.21 Å². The van der Waals surface area contributed by atoms with Gasteiger partial charge < -0.3 is 17.1 Å². The highest BCUT2D eigenvalue weighted by atomic mass is 35.5. The molecule has 4 heteroatoms. The maximum atomic E-state index is 5.78. The fourth-order valence-electron chi connectivity index (χ4n) is 1.67. The molecule has 15 heavy (non-hydrogen) atoms. The molecule has 1 aromatic carbocycles. The second kappa shape index (κ2) is 5.38. The van der Waals surface area contributed by atoms with Crippen LogP contribution in [0.1, 0.15) is 11.1 Å². The van der Waals surface area contributed by atoms with E-state index in [1.165, 1.54) is 11.1 Å². The minimum atomic E-state index is 0. The fourth-order valence-corrected chi connectivity index (χ4v) is 1.86. The Morgan fingerprint density at radius 3 is 2.93 bits per heavy atom. The quantitative estimate of drug-likeness (QED) is 0.366. The summed E-state index contributed by atoms with van der Waals surface area (Å²) in [7, 11) is 1.69. The van der Waals surface area contributed by atoms with Gasteiger partial charge in [-0.3, -0.25) is 0 Å². The lowest BCUT2D eigenvalue weighted by molar-refractivity contribution is -0.505. The van der Waals surface area contributed by atoms with E-state index in [1.807, 2.05) is 6.07 Å². The topological polar surface area (TPSA) is 12.2 Å². The first kappa shape index (κ1) is 12.3. The maximum Gasteiger partial charge on any atom is 0.217 e. The number of ether oxygens (including phenoxy) is 1. The molecule has 0 saturated carbocycles. The van der Waals surface area contributed by atoms with Gasteiger partial charge >= 0.3 is 0 Å². The Balaban J connectivity index is 0.00000112. The van der Waals surface area contributed by atoms with Crippen LogP contribution >= 0.6 is 11.6 Å². The molecule has 0 fully saturated rings. The van der Waals surface area contributed by atoms with Crippen molar-refractivity contribution < 1.29 is 21.7 Å². The van der Waals surface area contributed by atoms with Crippen LogP contribution in [0, 0.1) is 0 Å². The minimum Gasteiger partial charge on any atom is -1.00 e. The van der Waals surface area contributed by atoms with Gasteiger partial charge in [-0.15, -0.1) is 0 Å². The van der Waals surface area contributed by atoms with Gasteiger partial charge in [0.25, 0.3) is 0 Å². The molecule has 1 aliphatic heterocycles. The van der Waals surface area contributed by atoms with Gasteiger partial charge in [0, 0.05) is 12.0 Å². The molecule has 82 valence electrons. The van der Waals surface area contributed by atoms with Crippen LogP contribution in [-0.2, 0) is 6.42 Å². The number of methoxy groups -OCH3 is 1. The molecule has 2 rings (SSSR count). The molecule has 0 bridgehead atoms. The Morgan fingerprint density at radius 2 is 2.27 bits per heavy atom. The highest BCUT2D eigenvalue weighted by Crippen LogP contribution is 2.19. The van der Waals surface area contributed by atoms with Gasteiger partial charge in [-0.05, 0) is 23.8 Å². The number of hydrogen-bond donors (Lipinski definition) is 0. The second-order valence-electron chi connectivity index (χ2n) is 3.38. The summed E-state index contributed by atoms with van der Waals surface area (Å²) in [5.74, 6) is 0.927. The van der Waals surface area contributed by atoms with E-state index in [1.54, 1.807) is 7.11 Å². The smallest absolute Gasteiger partial charge is 0.217 e. The third kappa shape index (κ3) is 2.64. The molecule has 1 heterocycles. The average molecular weight is 246 g/mol. The number of benzene rings is 1. The van der Waals surface area contributed by atoms with E-state index >= 15 is 0 Å². The summed E-state index contributed by atoms with van der Waals surface area (Å²) < 4.78 is 7.29. The largest absolute Gasteiger partial charge is 1.00 e. The molecule has 0 saturated heterocycles. The molecule has 0 N–H and O–H groups in total. The molecule has 0 atom stereocenters. The number of alkyl halides is 1. The van der Waals surface area contributed by atoms with Crippen LogP contribution in [0.15, 0.2) is 18.2 Å². The highest BCUT2D eigenvalue weighted by molar-refractivity contribution is 6.17. The average Bonchev–Trinajstić information content (AvgIpc) is 2.27. The Hall–Kier alpha value is -0.730. The van der Waals surface area contributed by atoms with E-state index in [-0.39, 0.29) is 12.4 Å². The van der Waals surface area contributed by atoms with Gasteiger partial charge in [-0.25, -0.2) is 4.58 Å². The number of fused-ring (bicyclic) bond motifs is 1. The van der Waals surface area contributed by atoms with Crippen molar-refractivity contribution in [2.24, 2.45) is 0 Å². The van der Waals surface area contributed by atoms with Crippen molar-refractivity contribution in [3.63, 3.8) is 0 Å². The first-order valence-electron chi connectivity index (χ1n) is 4.65. The standard InChI is InChI=1S/C11H13ClNO.ClH/c1-14-11-3-2-10-7-13(8-12)5-4-9(10)6-11;/h2-3,6-7H,4-5,8H2,1H3;1H/q+1;/p-1. The van der Waals surface area contributed by atoms with Gasteiger partial charge in [-0.1, -0.05) is 11.6 Å². The van der Waals surface area contributed by atoms with Crippen LogP contribution < -0.4 is 17.1 Å². The molecule has 1 aromatic rings. The van der Waals surface area contributed by atoms with Crippen LogP contribution in [0.2, 0.25) is 0 Å². The molecule has 0 unspecified atom stereocenters. The van der Waals surface area contributed by atoms with Crippen molar-refractivity contribution in [3.05, 3.63) is 29.3 Å². The molecule has 1 aliphatic rings. The van der Waals surface area contributed by atoms with Gasteiger partial charge in [0.2, 0.25) is 6.00 Å². The summed E-state index contributed by atoms with van der Waals surface area (Å²) in [4.78, 5) is 0. The van der Waals surface area contributed by atoms with Crippen LogP contribution in [0.3, 0.4) is 0 Å². The van der Waals surface area contributed by atoms with Crippen molar-refractivity contribution in [1.29, 1.82) is 0 Å². The molecule has 0 aromatic heterocycles. The third-order valence-electron chi connectivity index (χ3n) is 2.49. The minimum absolute atomic E-state index is 0. The number of rotatable bonds is 2. The number of nitrogens with zero attached hydrogens (tertiary/aromatic N) is 1. The second-order valence-corrected chi connectivity index (χ2v) is 3.61. The molecule has 0 radical (unpaired) electrons. The van der Waals surface area contributed by atoms with E-state index in [0.717, 1.165) is 18.7 Å². The predicted molar refractivity (Wildman–Crippen MR) is 57.7 cm³/mol. The lowest BCUT2D eigenvalue weighted by Crippen LogP contribution is -3.00. The van der Waals surface area contributed by atoms with Crippen molar-refractivity contribution in [1.82, 2.24) is 0 Å². The summed E-state index contributed by atoms with van der Waals surface area (Å²) in [6.45, 7) is 0.990. The number of halogens is 2. The van der Waals surface area contributed by atoms with Crippen LogP contribution in [0.5, 0.6) is 5.75 Å². The van der Waals surface area contributed by atoms with E-state index in [2.05, 4.69) is 22.9 Å². The Morgan fingerprint density at radius 1 is 1.47 bits per heavy atom. The molecule has 0 spiro atoms. The summed E-state index contributed by atoms with van der Waals surface area (Å²) in [5, 5.41) is 0. The summed E-state index contributed by atoms with van der Waals surface area (Å²) >= 11 is 5.78. The van der Waals surface area contributed by atoms with Crippen molar-refractivity contribution >= 4 is 17.8 Å². The monoisotopic (exact) mass is 245 g/mol. The highest BCUT2D eigenvalue weighted by Gasteiger charge is 2.14. The summed E-state index contributed by atoms with van der Waals surface area (Å²) in [6.07, 6.45) is 3.14. The van der Waals surface area contributed by atoms with E-state index in [0.29, 0.717) is 6.00 Å². The zero-order valence-corrected chi connectivity index (χ0v) is 10.1. The van der Waals surface area contributed by atoms with Crippen molar-refractivity contribution in [2.75, 3.05) is 19.7 Å².